The van der Waals surface area contributed by atoms with Gasteiger partial charge in [0.05, 0.1) is 12.8 Å². The Morgan fingerprint density at radius 2 is 1.93 bits per heavy atom. The molecule has 0 spiro atoms. The van der Waals surface area contributed by atoms with Crippen molar-refractivity contribution in [2.45, 2.75) is 58.1 Å². The van der Waals surface area contributed by atoms with Gasteiger partial charge in [-0.2, -0.15) is 0 Å². The summed E-state index contributed by atoms with van der Waals surface area (Å²) in [6.45, 7) is 8.32. The van der Waals surface area contributed by atoms with E-state index in [0.717, 1.165) is 38.9 Å². The maximum Gasteiger partial charge on any atom is 0.306 e. The summed E-state index contributed by atoms with van der Waals surface area (Å²) in [5.41, 5.74) is 6.43. The van der Waals surface area contributed by atoms with Crippen molar-refractivity contribution in [2.75, 3.05) is 32.5 Å². The number of methoxy groups -OCH3 is 1. The average molecular weight is 392 g/mol. The van der Waals surface area contributed by atoms with Gasteiger partial charge < -0.3 is 25.4 Å². The van der Waals surface area contributed by atoms with Gasteiger partial charge in [-0.1, -0.05) is 0 Å². The van der Waals surface area contributed by atoms with Crippen LogP contribution in [0.25, 0.3) is 0 Å². The highest BCUT2D eigenvalue weighted by Crippen LogP contribution is 2.22. The van der Waals surface area contributed by atoms with Crippen molar-refractivity contribution in [2.24, 2.45) is 0 Å². The molecule has 28 heavy (non-hydrogen) atoms. The van der Waals surface area contributed by atoms with Crippen molar-refractivity contribution >= 4 is 17.6 Å². The molecule has 156 valence electrons. The zero-order chi connectivity index (χ0) is 20.7. The van der Waals surface area contributed by atoms with Crippen molar-refractivity contribution in [3.63, 3.8) is 0 Å². The Bertz CT molecular complexity index is 677. The van der Waals surface area contributed by atoms with Gasteiger partial charge in [0.2, 0.25) is 0 Å². The highest BCUT2D eigenvalue weighted by molar-refractivity contribution is 5.95. The molecule has 0 aliphatic carbocycles. The monoisotopic (exact) mass is 391 g/mol. The summed E-state index contributed by atoms with van der Waals surface area (Å²) in [6, 6.07) is 5.20. The Morgan fingerprint density at radius 3 is 2.54 bits per heavy atom. The second kappa shape index (κ2) is 9.78. The van der Waals surface area contributed by atoms with E-state index >= 15 is 0 Å². The minimum atomic E-state index is -0.428. The first-order valence-electron chi connectivity index (χ1n) is 9.86. The predicted molar refractivity (Wildman–Crippen MR) is 109 cm³/mol. The summed E-state index contributed by atoms with van der Waals surface area (Å²) in [7, 11) is 1.53. The second-order valence-electron chi connectivity index (χ2n) is 8.24. The third-order valence-corrected chi connectivity index (χ3v) is 4.69. The number of carbonyl (C=O) groups is 2. The van der Waals surface area contributed by atoms with Crippen molar-refractivity contribution < 1.29 is 19.1 Å². The maximum atomic E-state index is 12.5. The summed E-state index contributed by atoms with van der Waals surface area (Å²) in [5, 5.41) is 3.09. The van der Waals surface area contributed by atoms with Crippen LogP contribution in [-0.2, 0) is 9.53 Å². The number of hydrogen-bond donors (Lipinski definition) is 2. The molecule has 1 aromatic rings. The molecule has 1 aliphatic rings. The first-order valence-corrected chi connectivity index (χ1v) is 9.86. The van der Waals surface area contributed by atoms with Gasteiger partial charge in [-0.05, 0) is 64.8 Å². The Balaban J connectivity index is 1.71. The van der Waals surface area contributed by atoms with Gasteiger partial charge in [-0.3, -0.25) is 9.59 Å². The fourth-order valence-corrected chi connectivity index (χ4v) is 3.26. The number of hydrogen-bond acceptors (Lipinski definition) is 6. The van der Waals surface area contributed by atoms with Gasteiger partial charge in [-0.25, -0.2) is 0 Å². The molecule has 7 heteroatoms. The van der Waals surface area contributed by atoms with E-state index in [9.17, 15) is 9.59 Å². The normalized spacial score (nSPS) is 15.9. The second-order valence-corrected chi connectivity index (χ2v) is 8.24. The van der Waals surface area contributed by atoms with E-state index in [-0.39, 0.29) is 17.9 Å². The fourth-order valence-electron chi connectivity index (χ4n) is 3.26. The Labute approximate surface area is 167 Å². The maximum absolute atomic E-state index is 12.5. The van der Waals surface area contributed by atoms with E-state index in [1.807, 2.05) is 20.8 Å². The van der Waals surface area contributed by atoms with Crippen molar-refractivity contribution in [1.29, 1.82) is 0 Å². The van der Waals surface area contributed by atoms with Crippen LogP contribution in [0, 0.1) is 0 Å². The molecule has 1 heterocycles. The number of piperidine rings is 1. The molecule has 0 unspecified atom stereocenters. The average Bonchev–Trinajstić information content (AvgIpc) is 2.62. The van der Waals surface area contributed by atoms with Gasteiger partial charge in [0.15, 0.2) is 0 Å². The molecule has 1 amide bonds. The number of anilines is 1. The molecule has 2 rings (SSSR count). The number of amides is 1. The van der Waals surface area contributed by atoms with Crippen LogP contribution in [0.1, 0.15) is 56.8 Å². The number of likely N-dealkylation sites (tertiary alicyclic amines) is 1. The number of rotatable bonds is 7. The molecule has 3 N–H and O–H groups in total. The third kappa shape index (κ3) is 7.03. The van der Waals surface area contributed by atoms with Gasteiger partial charge in [0.25, 0.3) is 5.91 Å². The predicted octanol–water partition coefficient (Wildman–Crippen LogP) is 2.59. The molecule has 1 saturated heterocycles. The summed E-state index contributed by atoms with van der Waals surface area (Å²) >= 11 is 0. The topological polar surface area (TPSA) is 93.9 Å². The lowest BCUT2D eigenvalue weighted by molar-refractivity contribution is -0.155. The van der Waals surface area contributed by atoms with Crippen LogP contribution < -0.4 is 15.8 Å². The smallest absolute Gasteiger partial charge is 0.306 e. The van der Waals surface area contributed by atoms with Crippen LogP contribution in [0.3, 0.4) is 0 Å². The number of benzene rings is 1. The molecule has 7 nitrogen and oxygen atoms in total. The number of nitrogen functional groups attached to an aromatic ring is 1. The Hall–Kier alpha value is -2.28. The first kappa shape index (κ1) is 22.0. The van der Waals surface area contributed by atoms with Crippen LogP contribution in [-0.4, -0.2) is 55.2 Å². The Morgan fingerprint density at radius 1 is 1.25 bits per heavy atom. The largest absolute Gasteiger partial charge is 0.495 e. The standard InChI is InChI=1S/C21H33N3O4/c1-21(2,3)28-19(25)6-5-11-24-12-9-16(10-13-24)23-20(26)15-7-8-17(22)18(14-15)27-4/h7-8,14,16H,5-6,9-13,22H2,1-4H3,(H,23,26). The van der Waals surface area contributed by atoms with Gasteiger partial charge in [0.1, 0.15) is 11.4 Å². The lowest BCUT2D eigenvalue weighted by Crippen LogP contribution is -2.44. The summed E-state index contributed by atoms with van der Waals surface area (Å²) in [6.07, 6.45) is 3.01. The molecule has 1 aromatic carbocycles. The Kier molecular flexibility index (Phi) is 7.69. The molecule has 1 aliphatic heterocycles. The van der Waals surface area contributed by atoms with E-state index in [1.165, 1.54) is 7.11 Å². The molecular formula is C21H33N3O4. The van der Waals surface area contributed by atoms with Crippen LogP contribution in [0.4, 0.5) is 5.69 Å². The van der Waals surface area contributed by atoms with E-state index in [0.29, 0.717) is 23.4 Å². The SMILES string of the molecule is COc1cc(C(=O)NC2CCN(CCCC(=O)OC(C)(C)C)CC2)ccc1N. The molecule has 0 atom stereocenters. The lowest BCUT2D eigenvalue weighted by atomic mass is 10.0. The molecule has 0 saturated carbocycles. The molecule has 0 bridgehead atoms. The number of ether oxygens (including phenoxy) is 2. The van der Waals surface area contributed by atoms with Crippen LogP contribution >= 0.6 is 0 Å². The highest BCUT2D eigenvalue weighted by Gasteiger charge is 2.22. The van der Waals surface area contributed by atoms with Crippen molar-refractivity contribution in [3.8, 4) is 5.75 Å². The summed E-state index contributed by atoms with van der Waals surface area (Å²) < 4.78 is 10.5. The molecular weight excluding hydrogens is 358 g/mol. The number of esters is 1. The minimum Gasteiger partial charge on any atom is -0.495 e. The number of carbonyl (C=O) groups excluding carboxylic acids is 2. The quantitative estimate of drug-likeness (QED) is 0.548. The molecule has 0 aromatic heterocycles. The van der Waals surface area contributed by atoms with Crippen molar-refractivity contribution in [1.82, 2.24) is 10.2 Å². The van der Waals surface area contributed by atoms with Crippen LogP contribution in [0.2, 0.25) is 0 Å². The third-order valence-electron chi connectivity index (χ3n) is 4.69. The van der Waals surface area contributed by atoms with Gasteiger partial charge in [0, 0.05) is 31.1 Å². The van der Waals surface area contributed by atoms with Gasteiger partial charge in [-0.15, -0.1) is 0 Å². The number of nitrogens with zero attached hydrogens (tertiary/aromatic N) is 1. The van der Waals surface area contributed by atoms with E-state index in [4.69, 9.17) is 15.2 Å². The summed E-state index contributed by atoms with van der Waals surface area (Å²) in [4.78, 5) is 26.6. The minimum absolute atomic E-state index is 0.110. The van der Waals surface area contributed by atoms with E-state index in [1.54, 1.807) is 18.2 Å². The zero-order valence-electron chi connectivity index (χ0n) is 17.4. The van der Waals surface area contributed by atoms with Crippen LogP contribution in [0.15, 0.2) is 18.2 Å². The van der Waals surface area contributed by atoms with E-state index < -0.39 is 5.60 Å². The van der Waals surface area contributed by atoms with E-state index in [2.05, 4.69) is 10.2 Å². The van der Waals surface area contributed by atoms with Crippen LogP contribution in [0.5, 0.6) is 5.75 Å². The highest BCUT2D eigenvalue weighted by atomic mass is 16.6. The first-order chi connectivity index (χ1) is 13.2. The lowest BCUT2D eigenvalue weighted by Gasteiger charge is -2.32. The van der Waals surface area contributed by atoms with Gasteiger partial charge >= 0.3 is 5.97 Å². The zero-order valence-corrected chi connectivity index (χ0v) is 17.4. The summed E-state index contributed by atoms with van der Waals surface area (Å²) in [5.74, 6) is 0.253. The number of nitrogens with one attached hydrogen (secondary N) is 1. The number of nitrogens with two attached hydrogens (primary N) is 1. The molecule has 1 fully saturated rings. The fraction of sp³-hybridized carbons (Fsp3) is 0.619. The molecule has 0 radical (unpaired) electrons. The van der Waals surface area contributed by atoms with Crippen molar-refractivity contribution in [3.05, 3.63) is 23.8 Å².